The van der Waals surface area contributed by atoms with Crippen molar-refractivity contribution in [2.45, 2.75) is 13.5 Å². The van der Waals surface area contributed by atoms with Crippen LogP contribution in [-0.2, 0) is 13.6 Å². The standard InChI is InChI=1S/C13H12N6O/c1-8-10(6-16-18-14)13(17-20-8)9-3-4-12-11(5-9)15-7-19(12)2/h3-5,7H,6H2,1-2H3. The lowest BCUT2D eigenvalue weighted by molar-refractivity contribution is 0.398. The van der Waals surface area contributed by atoms with E-state index in [1.54, 1.807) is 13.3 Å². The molecule has 0 aliphatic rings. The van der Waals surface area contributed by atoms with Crippen molar-refractivity contribution in [3.8, 4) is 11.3 Å². The molecule has 0 spiro atoms. The molecule has 0 unspecified atom stereocenters. The number of rotatable bonds is 3. The Labute approximate surface area is 114 Å². The molecular weight excluding hydrogens is 256 g/mol. The van der Waals surface area contributed by atoms with Crippen LogP contribution in [0, 0.1) is 6.92 Å². The molecule has 2 aromatic heterocycles. The summed E-state index contributed by atoms with van der Waals surface area (Å²) in [5, 5.41) is 7.65. The van der Waals surface area contributed by atoms with Crippen LogP contribution in [0.1, 0.15) is 11.3 Å². The molecule has 7 heteroatoms. The van der Waals surface area contributed by atoms with Gasteiger partial charge in [0.15, 0.2) is 0 Å². The molecule has 20 heavy (non-hydrogen) atoms. The summed E-state index contributed by atoms with van der Waals surface area (Å²) in [4.78, 5) is 7.11. The number of imidazole rings is 1. The Morgan fingerprint density at radius 1 is 1.45 bits per heavy atom. The van der Waals surface area contributed by atoms with Crippen LogP contribution in [0.15, 0.2) is 34.2 Å². The van der Waals surface area contributed by atoms with E-state index >= 15 is 0 Å². The fourth-order valence-corrected chi connectivity index (χ4v) is 2.19. The predicted octanol–water partition coefficient (Wildman–Crippen LogP) is 3.35. The summed E-state index contributed by atoms with van der Waals surface area (Å²) in [6, 6.07) is 5.89. The van der Waals surface area contributed by atoms with Crippen LogP contribution in [0.4, 0.5) is 0 Å². The Hall–Kier alpha value is -2.79. The molecular formula is C13H12N6O. The van der Waals surface area contributed by atoms with Gasteiger partial charge >= 0.3 is 0 Å². The minimum absolute atomic E-state index is 0.224. The van der Waals surface area contributed by atoms with Crippen molar-refractivity contribution in [3.05, 3.63) is 46.3 Å². The Balaban J connectivity index is 2.12. The summed E-state index contributed by atoms with van der Waals surface area (Å²) in [6.45, 7) is 2.03. The predicted molar refractivity (Wildman–Crippen MR) is 73.8 cm³/mol. The first-order valence-electron chi connectivity index (χ1n) is 6.08. The van der Waals surface area contributed by atoms with Crippen LogP contribution < -0.4 is 0 Å². The van der Waals surface area contributed by atoms with Crippen LogP contribution in [0.2, 0.25) is 0 Å². The topological polar surface area (TPSA) is 92.6 Å². The fourth-order valence-electron chi connectivity index (χ4n) is 2.19. The second-order valence-corrected chi connectivity index (χ2v) is 4.51. The fraction of sp³-hybridized carbons (Fsp3) is 0.231. The quantitative estimate of drug-likeness (QED) is 0.414. The Kier molecular flexibility index (Phi) is 2.89. The summed E-state index contributed by atoms with van der Waals surface area (Å²) in [7, 11) is 1.95. The zero-order chi connectivity index (χ0) is 14.1. The lowest BCUT2D eigenvalue weighted by Crippen LogP contribution is -1.88. The van der Waals surface area contributed by atoms with Gasteiger partial charge in [0.25, 0.3) is 0 Å². The van der Waals surface area contributed by atoms with Crippen molar-refractivity contribution in [3.63, 3.8) is 0 Å². The number of aromatic nitrogens is 3. The van der Waals surface area contributed by atoms with Gasteiger partial charge in [-0.25, -0.2) is 4.98 Å². The smallest absolute Gasteiger partial charge is 0.137 e. The van der Waals surface area contributed by atoms with Gasteiger partial charge in [0, 0.05) is 23.1 Å². The monoisotopic (exact) mass is 268 g/mol. The molecule has 3 rings (SSSR count). The Morgan fingerprint density at radius 3 is 3.10 bits per heavy atom. The average molecular weight is 268 g/mol. The highest BCUT2D eigenvalue weighted by molar-refractivity contribution is 5.81. The molecule has 0 atom stereocenters. The van der Waals surface area contributed by atoms with Crippen molar-refractivity contribution in [1.29, 1.82) is 0 Å². The summed E-state index contributed by atoms with van der Waals surface area (Å²) >= 11 is 0. The molecule has 100 valence electrons. The van der Waals surface area contributed by atoms with E-state index in [-0.39, 0.29) is 6.54 Å². The Bertz CT molecular complexity index is 825. The second kappa shape index (κ2) is 4.71. The molecule has 0 amide bonds. The number of hydrogen-bond acceptors (Lipinski definition) is 4. The van der Waals surface area contributed by atoms with Gasteiger partial charge in [-0.05, 0) is 24.6 Å². The van der Waals surface area contributed by atoms with E-state index in [2.05, 4.69) is 20.2 Å². The molecule has 1 aromatic carbocycles. The number of aryl methyl sites for hydroxylation is 2. The third-order valence-electron chi connectivity index (χ3n) is 3.28. The minimum atomic E-state index is 0.224. The maximum atomic E-state index is 8.46. The van der Waals surface area contributed by atoms with E-state index in [1.165, 1.54) is 0 Å². The summed E-state index contributed by atoms with van der Waals surface area (Å²) < 4.78 is 7.16. The molecule has 0 saturated heterocycles. The van der Waals surface area contributed by atoms with Crippen LogP contribution in [0.3, 0.4) is 0 Å². The van der Waals surface area contributed by atoms with Gasteiger partial charge in [0.1, 0.15) is 11.5 Å². The van der Waals surface area contributed by atoms with Gasteiger partial charge in [-0.15, -0.1) is 0 Å². The summed E-state index contributed by atoms with van der Waals surface area (Å²) in [5.74, 6) is 0.661. The number of nitrogens with zero attached hydrogens (tertiary/aromatic N) is 6. The molecule has 0 saturated carbocycles. The van der Waals surface area contributed by atoms with E-state index in [1.807, 2.05) is 29.8 Å². The van der Waals surface area contributed by atoms with Gasteiger partial charge in [-0.1, -0.05) is 16.3 Å². The number of benzene rings is 1. The maximum absolute atomic E-state index is 8.46. The maximum Gasteiger partial charge on any atom is 0.137 e. The third-order valence-corrected chi connectivity index (χ3v) is 3.28. The van der Waals surface area contributed by atoms with E-state index in [4.69, 9.17) is 10.1 Å². The highest BCUT2D eigenvalue weighted by Gasteiger charge is 2.14. The molecule has 0 N–H and O–H groups in total. The Morgan fingerprint density at radius 2 is 2.30 bits per heavy atom. The van der Waals surface area contributed by atoms with Crippen LogP contribution in [-0.4, -0.2) is 14.7 Å². The van der Waals surface area contributed by atoms with Gasteiger partial charge in [0.2, 0.25) is 0 Å². The van der Waals surface area contributed by atoms with Gasteiger partial charge in [-0.3, -0.25) is 0 Å². The molecule has 0 aliphatic carbocycles. The van der Waals surface area contributed by atoms with Gasteiger partial charge in [-0.2, -0.15) is 0 Å². The van der Waals surface area contributed by atoms with Crippen molar-refractivity contribution in [1.82, 2.24) is 14.7 Å². The van der Waals surface area contributed by atoms with Gasteiger partial charge in [0.05, 0.1) is 23.9 Å². The number of fused-ring (bicyclic) bond motifs is 1. The van der Waals surface area contributed by atoms with Crippen LogP contribution in [0.25, 0.3) is 32.7 Å². The molecule has 0 radical (unpaired) electrons. The average Bonchev–Trinajstić information content (AvgIpc) is 3.00. The van der Waals surface area contributed by atoms with Crippen molar-refractivity contribution in [2.24, 2.45) is 12.2 Å². The summed E-state index contributed by atoms with van der Waals surface area (Å²) in [6.07, 6.45) is 1.77. The molecule has 0 aliphatic heterocycles. The minimum Gasteiger partial charge on any atom is -0.361 e. The van der Waals surface area contributed by atoms with Crippen LogP contribution >= 0.6 is 0 Å². The zero-order valence-electron chi connectivity index (χ0n) is 11.1. The third kappa shape index (κ3) is 1.90. The molecule has 0 bridgehead atoms. The number of azide groups is 1. The highest BCUT2D eigenvalue weighted by Crippen LogP contribution is 2.28. The lowest BCUT2D eigenvalue weighted by atomic mass is 10.1. The highest BCUT2D eigenvalue weighted by atomic mass is 16.5. The van der Waals surface area contributed by atoms with E-state index in [0.717, 1.165) is 22.2 Å². The van der Waals surface area contributed by atoms with Crippen molar-refractivity contribution in [2.75, 3.05) is 0 Å². The van der Waals surface area contributed by atoms with Crippen LogP contribution in [0.5, 0.6) is 0 Å². The molecule has 0 fully saturated rings. The first-order chi connectivity index (χ1) is 9.70. The molecule has 3 aromatic rings. The number of hydrogen-bond donors (Lipinski definition) is 0. The first-order valence-corrected chi connectivity index (χ1v) is 6.08. The van der Waals surface area contributed by atoms with E-state index < -0.39 is 0 Å². The first kappa shape index (κ1) is 12.3. The molecule has 7 nitrogen and oxygen atoms in total. The second-order valence-electron chi connectivity index (χ2n) is 4.51. The van der Waals surface area contributed by atoms with Gasteiger partial charge < -0.3 is 9.09 Å². The summed E-state index contributed by atoms with van der Waals surface area (Å²) in [5.41, 5.74) is 12.8. The normalized spacial score (nSPS) is 10.7. The lowest BCUT2D eigenvalue weighted by Gasteiger charge is -2.00. The van der Waals surface area contributed by atoms with E-state index in [9.17, 15) is 0 Å². The largest absolute Gasteiger partial charge is 0.361 e. The van der Waals surface area contributed by atoms with E-state index in [0.29, 0.717) is 11.5 Å². The zero-order valence-corrected chi connectivity index (χ0v) is 11.1. The SMILES string of the molecule is Cc1onc(-c2ccc3c(c2)ncn3C)c1CN=[N+]=[N-]. The van der Waals surface area contributed by atoms with Crippen molar-refractivity contribution >= 4 is 11.0 Å². The van der Waals surface area contributed by atoms with Crippen molar-refractivity contribution < 1.29 is 4.52 Å². The molecule has 2 heterocycles.